The maximum absolute atomic E-state index is 13.4. The second-order valence-corrected chi connectivity index (χ2v) is 9.37. The maximum Gasteiger partial charge on any atom is 0.268 e. The van der Waals surface area contributed by atoms with Gasteiger partial charge in [-0.15, -0.1) is 0 Å². The molecule has 3 rings (SSSR count). The van der Waals surface area contributed by atoms with Gasteiger partial charge in [-0.1, -0.05) is 44.9 Å². The molecule has 3 atom stereocenters. The zero-order valence-electron chi connectivity index (χ0n) is 20.1. The van der Waals surface area contributed by atoms with Gasteiger partial charge < -0.3 is 25.0 Å². The number of aliphatic hydroxyl groups is 1. The van der Waals surface area contributed by atoms with Crippen molar-refractivity contribution in [3.05, 3.63) is 36.0 Å². The van der Waals surface area contributed by atoms with E-state index in [-0.39, 0.29) is 37.0 Å². The molecule has 1 aliphatic carbocycles. The Morgan fingerprint density at radius 1 is 1.24 bits per heavy atom. The molecule has 8 heteroatoms. The number of nitriles is 1. The fourth-order valence-electron chi connectivity index (χ4n) is 4.72. The van der Waals surface area contributed by atoms with Crippen molar-refractivity contribution in [2.75, 3.05) is 19.8 Å². The number of nitrogens with one attached hydrogen (secondary N) is 2. The fourth-order valence-corrected chi connectivity index (χ4v) is 4.72. The van der Waals surface area contributed by atoms with E-state index in [0.29, 0.717) is 37.6 Å². The number of hydrogen-bond donors (Lipinski definition) is 3. The van der Waals surface area contributed by atoms with Crippen molar-refractivity contribution in [2.45, 2.75) is 64.6 Å². The van der Waals surface area contributed by atoms with Gasteiger partial charge in [0.25, 0.3) is 5.91 Å². The Balaban J connectivity index is 1.75. The summed E-state index contributed by atoms with van der Waals surface area (Å²) in [6, 6.07) is 11.0. The van der Waals surface area contributed by atoms with E-state index in [1.54, 1.807) is 0 Å². The van der Waals surface area contributed by atoms with E-state index in [9.17, 15) is 14.9 Å². The molecule has 1 saturated carbocycles. The normalized spacial score (nSPS) is 19.0. The number of benzene rings is 1. The van der Waals surface area contributed by atoms with Crippen LogP contribution in [0, 0.1) is 23.2 Å². The number of aliphatic hydroxyl groups excluding tert-OH is 1. The molecule has 2 amide bonds. The van der Waals surface area contributed by atoms with Crippen LogP contribution in [0.4, 0.5) is 0 Å². The predicted octanol–water partition coefficient (Wildman–Crippen LogP) is 2.99. The third-order valence-electron chi connectivity index (χ3n) is 6.34. The van der Waals surface area contributed by atoms with Gasteiger partial charge in [0.2, 0.25) is 5.91 Å². The average Bonchev–Trinajstić information content (AvgIpc) is 3.20. The number of ether oxygens (including phenoxy) is 1. The molecule has 1 aromatic heterocycles. The average molecular weight is 469 g/mol. The highest BCUT2D eigenvalue weighted by atomic mass is 16.5. The van der Waals surface area contributed by atoms with Crippen LogP contribution in [0.15, 0.2) is 30.3 Å². The molecule has 0 aliphatic heterocycles. The van der Waals surface area contributed by atoms with E-state index in [4.69, 9.17) is 9.84 Å². The quantitative estimate of drug-likeness (QED) is 0.439. The number of carbonyl (C=O) groups is 2. The van der Waals surface area contributed by atoms with E-state index < -0.39 is 6.04 Å². The molecule has 184 valence electrons. The molecular formula is C26H36N4O4. The number of rotatable bonds is 11. The minimum atomic E-state index is -0.521. The van der Waals surface area contributed by atoms with Crippen molar-refractivity contribution in [1.82, 2.24) is 15.2 Å². The van der Waals surface area contributed by atoms with Gasteiger partial charge in [0.15, 0.2) is 0 Å². The lowest BCUT2D eigenvalue weighted by Crippen LogP contribution is -2.50. The first-order valence-corrected chi connectivity index (χ1v) is 12.2. The summed E-state index contributed by atoms with van der Waals surface area (Å²) < 4.78 is 7.36. The Morgan fingerprint density at radius 2 is 2.00 bits per heavy atom. The monoisotopic (exact) mass is 468 g/mol. The second kappa shape index (κ2) is 12.5. The smallest absolute Gasteiger partial charge is 0.268 e. The number of carbonyl (C=O) groups excluding carboxylic acids is 2. The van der Waals surface area contributed by atoms with Gasteiger partial charge >= 0.3 is 0 Å². The van der Waals surface area contributed by atoms with Crippen LogP contribution in [-0.4, -0.2) is 53.4 Å². The summed E-state index contributed by atoms with van der Waals surface area (Å²) in [7, 11) is 0. The molecule has 8 nitrogen and oxygen atoms in total. The molecule has 0 radical (unpaired) electrons. The van der Waals surface area contributed by atoms with Crippen molar-refractivity contribution < 1.29 is 19.4 Å². The number of para-hydroxylation sites is 1. The van der Waals surface area contributed by atoms with Gasteiger partial charge in [0.05, 0.1) is 31.8 Å². The van der Waals surface area contributed by atoms with Gasteiger partial charge in [-0.3, -0.25) is 9.59 Å². The molecular weight excluding hydrogens is 432 g/mol. The molecule has 1 heterocycles. The third kappa shape index (κ3) is 6.58. The third-order valence-corrected chi connectivity index (χ3v) is 6.34. The van der Waals surface area contributed by atoms with Crippen LogP contribution in [0.3, 0.4) is 0 Å². The van der Waals surface area contributed by atoms with Crippen LogP contribution in [0.25, 0.3) is 10.9 Å². The molecule has 3 N–H and O–H groups in total. The summed E-state index contributed by atoms with van der Waals surface area (Å²) in [4.78, 5) is 26.4. The Labute approximate surface area is 201 Å². The van der Waals surface area contributed by atoms with Crippen molar-refractivity contribution in [2.24, 2.45) is 11.8 Å². The van der Waals surface area contributed by atoms with Gasteiger partial charge in [0, 0.05) is 23.5 Å². The van der Waals surface area contributed by atoms with E-state index in [1.165, 1.54) is 0 Å². The van der Waals surface area contributed by atoms with E-state index in [1.807, 2.05) is 48.7 Å². The van der Waals surface area contributed by atoms with Crippen LogP contribution in [-0.2, 0) is 16.1 Å². The van der Waals surface area contributed by atoms with Crippen molar-refractivity contribution in [1.29, 1.82) is 5.26 Å². The molecule has 1 aliphatic rings. The number of fused-ring (bicyclic) bond motifs is 1. The Bertz CT molecular complexity index is 1010. The summed E-state index contributed by atoms with van der Waals surface area (Å²) in [6.45, 7) is 5.10. The second-order valence-electron chi connectivity index (χ2n) is 9.37. The zero-order valence-corrected chi connectivity index (χ0v) is 20.1. The van der Waals surface area contributed by atoms with Crippen molar-refractivity contribution in [3.63, 3.8) is 0 Å². The van der Waals surface area contributed by atoms with Gasteiger partial charge in [0.1, 0.15) is 11.7 Å². The largest absolute Gasteiger partial charge is 0.394 e. The number of amides is 2. The summed E-state index contributed by atoms with van der Waals surface area (Å²) in [5, 5.41) is 25.3. The summed E-state index contributed by atoms with van der Waals surface area (Å²) in [5.41, 5.74) is 1.46. The SMILES string of the molecule is CC(C)C[C@@H](C#N)NC(=O)[C@@H]1CCCC[C@@H]1NC(=O)c1cc2ccccc2n1CCOCCO. The highest BCUT2D eigenvalue weighted by Gasteiger charge is 2.33. The van der Waals surface area contributed by atoms with Crippen LogP contribution in [0.2, 0.25) is 0 Å². The van der Waals surface area contributed by atoms with Crippen LogP contribution in [0.5, 0.6) is 0 Å². The summed E-state index contributed by atoms with van der Waals surface area (Å²) in [5.74, 6) is -0.432. The lowest BCUT2D eigenvalue weighted by atomic mass is 9.83. The number of hydrogen-bond acceptors (Lipinski definition) is 5. The van der Waals surface area contributed by atoms with Crippen LogP contribution < -0.4 is 10.6 Å². The minimum absolute atomic E-state index is 0.0469. The molecule has 0 spiro atoms. The molecule has 0 unspecified atom stereocenters. The first-order valence-electron chi connectivity index (χ1n) is 12.2. The molecule has 0 bridgehead atoms. The Hall–Kier alpha value is -2.89. The number of aromatic nitrogens is 1. The zero-order chi connectivity index (χ0) is 24.5. The molecule has 2 aromatic rings. The molecule has 0 saturated heterocycles. The molecule has 1 aromatic carbocycles. The highest BCUT2D eigenvalue weighted by Crippen LogP contribution is 2.26. The minimum Gasteiger partial charge on any atom is -0.394 e. The van der Waals surface area contributed by atoms with E-state index in [0.717, 1.165) is 30.2 Å². The highest BCUT2D eigenvalue weighted by molar-refractivity contribution is 5.99. The van der Waals surface area contributed by atoms with Gasteiger partial charge in [-0.05, 0) is 37.3 Å². The summed E-state index contributed by atoms with van der Waals surface area (Å²) >= 11 is 0. The Morgan fingerprint density at radius 3 is 2.74 bits per heavy atom. The lowest BCUT2D eigenvalue weighted by molar-refractivity contribution is -0.127. The van der Waals surface area contributed by atoms with E-state index >= 15 is 0 Å². The first-order chi connectivity index (χ1) is 16.4. The van der Waals surface area contributed by atoms with Gasteiger partial charge in [-0.2, -0.15) is 5.26 Å². The van der Waals surface area contributed by atoms with Crippen molar-refractivity contribution >= 4 is 22.7 Å². The van der Waals surface area contributed by atoms with Crippen LogP contribution >= 0.6 is 0 Å². The Kier molecular flexibility index (Phi) is 9.49. The maximum atomic E-state index is 13.4. The van der Waals surface area contributed by atoms with Gasteiger partial charge in [-0.25, -0.2) is 0 Å². The number of nitrogens with zero attached hydrogens (tertiary/aromatic N) is 2. The topological polar surface area (TPSA) is 116 Å². The summed E-state index contributed by atoms with van der Waals surface area (Å²) in [6.07, 6.45) is 3.89. The lowest BCUT2D eigenvalue weighted by Gasteiger charge is -2.32. The van der Waals surface area contributed by atoms with Crippen LogP contribution in [0.1, 0.15) is 56.4 Å². The predicted molar refractivity (Wildman–Crippen MR) is 130 cm³/mol. The molecule has 1 fully saturated rings. The standard InChI is InChI=1S/C26H36N4O4/c1-18(2)15-20(17-27)28-25(32)21-8-4-5-9-22(21)29-26(33)24-16-19-7-3-6-10-23(19)30(24)11-13-34-14-12-31/h3,6-7,10,16,18,20-22,31H,4-5,8-9,11-15H2,1-2H3,(H,28,32)(H,29,33)/t20-,21+,22-/m0/s1. The molecule has 34 heavy (non-hydrogen) atoms. The van der Waals surface area contributed by atoms with Crippen molar-refractivity contribution in [3.8, 4) is 6.07 Å². The van der Waals surface area contributed by atoms with E-state index in [2.05, 4.69) is 16.7 Å². The fraction of sp³-hybridized carbons (Fsp3) is 0.577. The first kappa shape index (κ1) is 25.7.